The molecule has 12 heteroatoms. The SMILES string of the molecule is CC(=O)NC[C@H]1CN(c2ccc(N3CCN(C(=O)[C@@H](CS)NC(C)=O)CC3)c(F)c2)C(=O)O1. The minimum absolute atomic E-state index is 0.192. The number of carbonyl (C=O) groups excluding carboxylic acids is 4. The van der Waals surface area contributed by atoms with Gasteiger partial charge in [0.15, 0.2) is 0 Å². The van der Waals surface area contributed by atoms with Crippen molar-refractivity contribution in [3.63, 3.8) is 0 Å². The number of amides is 4. The highest BCUT2D eigenvalue weighted by Gasteiger charge is 2.33. The molecule has 2 heterocycles. The van der Waals surface area contributed by atoms with Crippen LogP contribution in [0.2, 0.25) is 0 Å². The number of benzene rings is 1. The molecule has 2 saturated heterocycles. The summed E-state index contributed by atoms with van der Waals surface area (Å²) in [5.74, 6) is -1.03. The monoisotopic (exact) mass is 481 g/mol. The lowest BCUT2D eigenvalue weighted by Crippen LogP contribution is -2.55. The van der Waals surface area contributed by atoms with Crippen molar-refractivity contribution in [2.24, 2.45) is 0 Å². The standard InChI is InChI=1S/C21H28FN5O5S/c1-13(28)23-10-16-11-27(21(31)32-16)15-3-4-19(17(22)9-15)25-5-7-26(8-6-25)20(30)18(12-33)24-14(2)29/h3-4,9,16,18,33H,5-8,10-12H2,1-2H3,(H,23,28)(H,24,29)/t16-,18+/m0/s1. The summed E-state index contributed by atoms with van der Waals surface area (Å²) in [5, 5.41) is 5.19. The third-order valence-electron chi connectivity index (χ3n) is 5.49. The fraction of sp³-hybridized carbons (Fsp3) is 0.524. The number of piperazine rings is 1. The van der Waals surface area contributed by atoms with E-state index in [4.69, 9.17) is 4.74 Å². The van der Waals surface area contributed by atoms with Crippen molar-refractivity contribution >= 4 is 47.8 Å². The third-order valence-corrected chi connectivity index (χ3v) is 5.85. The van der Waals surface area contributed by atoms with E-state index in [2.05, 4.69) is 23.3 Å². The van der Waals surface area contributed by atoms with Crippen LogP contribution in [0, 0.1) is 5.82 Å². The molecule has 0 aromatic heterocycles. The van der Waals surface area contributed by atoms with Crippen molar-refractivity contribution in [2.75, 3.05) is 54.8 Å². The summed E-state index contributed by atoms with van der Waals surface area (Å²) in [6, 6.07) is 3.83. The second-order valence-electron chi connectivity index (χ2n) is 7.94. The van der Waals surface area contributed by atoms with E-state index in [1.54, 1.807) is 17.0 Å². The van der Waals surface area contributed by atoms with Gasteiger partial charge in [-0.3, -0.25) is 19.3 Å². The summed E-state index contributed by atoms with van der Waals surface area (Å²) in [4.78, 5) is 51.9. The van der Waals surface area contributed by atoms with Crippen molar-refractivity contribution in [2.45, 2.75) is 26.0 Å². The Hall–Kier alpha value is -3.02. The highest BCUT2D eigenvalue weighted by Crippen LogP contribution is 2.28. The van der Waals surface area contributed by atoms with Crippen LogP contribution >= 0.6 is 12.6 Å². The van der Waals surface area contributed by atoms with Crippen LogP contribution in [-0.4, -0.2) is 85.9 Å². The van der Waals surface area contributed by atoms with Gasteiger partial charge >= 0.3 is 6.09 Å². The number of halogens is 1. The maximum Gasteiger partial charge on any atom is 0.414 e. The number of carbonyl (C=O) groups is 4. The van der Waals surface area contributed by atoms with Gasteiger partial charge in [-0.2, -0.15) is 12.6 Å². The second-order valence-corrected chi connectivity index (χ2v) is 8.30. The van der Waals surface area contributed by atoms with Gasteiger partial charge in [0.05, 0.1) is 24.5 Å². The van der Waals surface area contributed by atoms with Crippen LogP contribution in [0.15, 0.2) is 18.2 Å². The van der Waals surface area contributed by atoms with Crippen molar-refractivity contribution in [1.29, 1.82) is 0 Å². The van der Waals surface area contributed by atoms with Crippen molar-refractivity contribution in [1.82, 2.24) is 15.5 Å². The maximum absolute atomic E-state index is 14.9. The van der Waals surface area contributed by atoms with Crippen molar-refractivity contribution < 1.29 is 28.3 Å². The van der Waals surface area contributed by atoms with E-state index in [0.29, 0.717) is 37.6 Å². The molecule has 3 rings (SSSR count). The van der Waals surface area contributed by atoms with E-state index < -0.39 is 24.1 Å². The van der Waals surface area contributed by atoms with Crippen LogP contribution in [0.4, 0.5) is 20.6 Å². The lowest BCUT2D eigenvalue weighted by molar-refractivity contribution is -0.135. The van der Waals surface area contributed by atoms with Gasteiger partial charge in [0.1, 0.15) is 18.0 Å². The van der Waals surface area contributed by atoms with Crippen LogP contribution in [0.3, 0.4) is 0 Å². The first-order valence-corrected chi connectivity index (χ1v) is 11.3. The van der Waals surface area contributed by atoms with Crippen LogP contribution in [0.25, 0.3) is 0 Å². The van der Waals surface area contributed by atoms with Crippen LogP contribution in [0.5, 0.6) is 0 Å². The number of hydrogen-bond acceptors (Lipinski definition) is 7. The van der Waals surface area contributed by atoms with Gasteiger partial charge in [-0.15, -0.1) is 0 Å². The highest BCUT2D eigenvalue weighted by atomic mass is 32.1. The molecule has 2 atom stereocenters. The van der Waals surface area contributed by atoms with E-state index in [-0.39, 0.29) is 36.6 Å². The lowest BCUT2D eigenvalue weighted by Gasteiger charge is -2.37. The van der Waals surface area contributed by atoms with Crippen LogP contribution < -0.4 is 20.4 Å². The van der Waals surface area contributed by atoms with Gasteiger partial charge in [0, 0.05) is 45.8 Å². The first-order chi connectivity index (χ1) is 15.7. The molecule has 0 saturated carbocycles. The number of rotatable bonds is 7. The molecule has 1 aromatic rings. The summed E-state index contributed by atoms with van der Waals surface area (Å²) in [7, 11) is 0. The molecular formula is C21H28FN5O5S. The van der Waals surface area contributed by atoms with Gasteiger partial charge in [-0.25, -0.2) is 9.18 Å². The van der Waals surface area contributed by atoms with E-state index >= 15 is 0 Å². The van der Waals surface area contributed by atoms with Crippen LogP contribution in [-0.2, 0) is 19.1 Å². The van der Waals surface area contributed by atoms with Crippen molar-refractivity contribution in [3.8, 4) is 0 Å². The predicted molar refractivity (Wildman–Crippen MR) is 123 cm³/mol. The molecule has 10 nitrogen and oxygen atoms in total. The third kappa shape index (κ3) is 6.06. The molecule has 0 spiro atoms. The largest absolute Gasteiger partial charge is 0.442 e. The normalized spacial score (nSPS) is 19.2. The second kappa shape index (κ2) is 10.7. The van der Waals surface area contributed by atoms with E-state index in [1.807, 2.05) is 4.90 Å². The minimum atomic E-state index is -0.692. The summed E-state index contributed by atoms with van der Waals surface area (Å²) in [5.41, 5.74) is 0.744. The smallest absolute Gasteiger partial charge is 0.414 e. The first kappa shape index (κ1) is 24.6. The molecule has 1 aromatic carbocycles. The van der Waals surface area contributed by atoms with Crippen LogP contribution in [0.1, 0.15) is 13.8 Å². The van der Waals surface area contributed by atoms with E-state index in [1.165, 1.54) is 24.8 Å². The summed E-state index contributed by atoms with van der Waals surface area (Å²) < 4.78 is 20.2. The average Bonchev–Trinajstić information content (AvgIpc) is 3.16. The molecule has 33 heavy (non-hydrogen) atoms. The zero-order valence-corrected chi connectivity index (χ0v) is 19.4. The van der Waals surface area contributed by atoms with Gasteiger partial charge in [-0.05, 0) is 18.2 Å². The number of nitrogens with zero attached hydrogens (tertiary/aromatic N) is 3. The number of ether oxygens (including phenoxy) is 1. The summed E-state index contributed by atoms with van der Waals surface area (Å²) in [6.45, 7) is 4.73. The Labute approximate surface area is 196 Å². The number of anilines is 2. The lowest BCUT2D eigenvalue weighted by atomic mass is 10.2. The number of nitrogens with one attached hydrogen (secondary N) is 2. The molecule has 0 radical (unpaired) electrons. The molecule has 0 bridgehead atoms. The number of hydrogen-bond donors (Lipinski definition) is 3. The fourth-order valence-electron chi connectivity index (χ4n) is 3.84. The maximum atomic E-state index is 14.9. The van der Waals surface area contributed by atoms with E-state index in [0.717, 1.165) is 0 Å². The first-order valence-electron chi connectivity index (χ1n) is 10.6. The van der Waals surface area contributed by atoms with Gasteiger partial charge < -0.3 is 25.2 Å². The summed E-state index contributed by atoms with van der Waals surface area (Å²) in [6.07, 6.45) is -1.10. The topological polar surface area (TPSA) is 111 Å². The Morgan fingerprint density at radius 3 is 2.45 bits per heavy atom. The van der Waals surface area contributed by atoms with Gasteiger partial charge in [0.25, 0.3) is 0 Å². The average molecular weight is 482 g/mol. The molecule has 4 amide bonds. The molecule has 0 aliphatic carbocycles. The van der Waals surface area contributed by atoms with E-state index in [9.17, 15) is 23.6 Å². The molecule has 2 N–H and O–H groups in total. The molecule has 2 aliphatic rings. The number of cyclic esters (lactones) is 1. The predicted octanol–water partition coefficient (Wildman–Crippen LogP) is 0.370. The Morgan fingerprint density at radius 2 is 1.88 bits per heavy atom. The molecule has 2 aliphatic heterocycles. The Morgan fingerprint density at radius 1 is 1.18 bits per heavy atom. The molecule has 0 unspecified atom stereocenters. The number of thiol groups is 1. The summed E-state index contributed by atoms with van der Waals surface area (Å²) >= 11 is 4.14. The van der Waals surface area contributed by atoms with Crippen molar-refractivity contribution in [3.05, 3.63) is 24.0 Å². The Kier molecular flexibility index (Phi) is 8.01. The molecule has 180 valence electrons. The molecular weight excluding hydrogens is 453 g/mol. The van der Waals surface area contributed by atoms with Gasteiger partial charge in [0.2, 0.25) is 17.7 Å². The highest BCUT2D eigenvalue weighted by molar-refractivity contribution is 7.80. The Bertz CT molecular complexity index is 924. The Balaban J connectivity index is 1.60. The molecule has 2 fully saturated rings. The van der Waals surface area contributed by atoms with Gasteiger partial charge in [-0.1, -0.05) is 0 Å². The minimum Gasteiger partial charge on any atom is -0.442 e. The zero-order chi connectivity index (χ0) is 24.1. The zero-order valence-electron chi connectivity index (χ0n) is 18.5. The quantitative estimate of drug-likeness (QED) is 0.486. The fourth-order valence-corrected chi connectivity index (χ4v) is 4.08.